The van der Waals surface area contributed by atoms with Crippen LogP contribution >= 0.6 is 34.5 Å². The lowest BCUT2D eigenvalue weighted by Gasteiger charge is -2.33. The van der Waals surface area contributed by atoms with Crippen LogP contribution in [0, 0.1) is 11.3 Å². The highest BCUT2D eigenvalue weighted by molar-refractivity contribution is 7.17. The second kappa shape index (κ2) is 9.80. The molecule has 1 heterocycles. The molecular weight excluding hydrogens is 457 g/mol. The molecule has 0 saturated carbocycles. The summed E-state index contributed by atoms with van der Waals surface area (Å²) in [5.41, 5.74) is 1.65. The molecular formula is C23H27Cl2NO4S. The molecule has 1 atom stereocenters. The van der Waals surface area contributed by atoms with Crippen LogP contribution in [0.15, 0.2) is 18.2 Å². The normalized spacial score (nSPS) is 15.9. The molecule has 1 aromatic heterocycles. The number of hydrogen-bond acceptors (Lipinski definition) is 5. The van der Waals surface area contributed by atoms with E-state index in [1.807, 2.05) is 0 Å². The first-order valence-electron chi connectivity index (χ1n) is 10.3. The van der Waals surface area contributed by atoms with Crippen molar-refractivity contribution in [3.8, 4) is 5.75 Å². The van der Waals surface area contributed by atoms with Crippen LogP contribution in [0.5, 0.6) is 5.75 Å². The van der Waals surface area contributed by atoms with Gasteiger partial charge < -0.3 is 14.8 Å². The van der Waals surface area contributed by atoms with E-state index in [4.69, 9.17) is 32.7 Å². The summed E-state index contributed by atoms with van der Waals surface area (Å²) in [5.74, 6) is 0.0647. The highest BCUT2D eigenvalue weighted by atomic mass is 35.5. The maximum Gasteiger partial charge on any atom is 0.341 e. The molecule has 1 amide bonds. The first-order valence-corrected chi connectivity index (χ1v) is 11.9. The van der Waals surface area contributed by atoms with Gasteiger partial charge in [0.1, 0.15) is 10.8 Å². The SMILES string of the molecule is CCOC(=O)c1c(NC(=O)COc2cc(Cl)ccc2Cl)sc2c1CCC(C(C)(C)C)C2. The maximum absolute atomic E-state index is 12.7. The highest BCUT2D eigenvalue weighted by Crippen LogP contribution is 2.44. The molecule has 1 N–H and O–H groups in total. The van der Waals surface area contributed by atoms with Crippen LogP contribution in [-0.2, 0) is 22.4 Å². The zero-order chi connectivity index (χ0) is 22.8. The maximum atomic E-state index is 12.7. The molecule has 0 saturated heterocycles. The van der Waals surface area contributed by atoms with E-state index in [2.05, 4.69) is 26.1 Å². The van der Waals surface area contributed by atoms with Crippen molar-refractivity contribution in [2.24, 2.45) is 11.3 Å². The van der Waals surface area contributed by atoms with Crippen LogP contribution in [0.2, 0.25) is 10.0 Å². The number of carbonyl (C=O) groups is 2. The fourth-order valence-corrected chi connectivity index (χ4v) is 5.39. The summed E-state index contributed by atoms with van der Waals surface area (Å²) < 4.78 is 10.8. The number of thiophene rings is 1. The summed E-state index contributed by atoms with van der Waals surface area (Å²) in [6, 6.07) is 4.80. The fraction of sp³-hybridized carbons (Fsp3) is 0.478. The van der Waals surface area contributed by atoms with Gasteiger partial charge in [0.25, 0.3) is 5.91 Å². The van der Waals surface area contributed by atoms with Crippen LogP contribution < -0.4 is 10.1 Å². The third kappa shape index (κ3) is 5.73. The number of hydrogen-bond donors (Lipinski definition) is 1. The topological polar surface area (TPSA) is 64.6 Å². The molecule has 0 fully saturated rings. The van der Waals surface area contributed by atoms with Crippen molar-refractivity contribution >= 4 is 51.4 Å². The molecule has 0 spiro atoms. The van der Waals surface area contributed by atoms with Crippen molar-refractivity contribution in [2.45, 2.75) is 47.0 Å². The van der Waals surface area contributed by atoms with Crippen molar-refractivity contribution in [2.75, 3.05) is 18.5 Å². The molecule has 168 valence electrons. The average molecular weight is 484 g/mol. The molecule has 0 aliphatic heterocycles. The zero-order valence-corrected chi connectivity index (χ0v) is 20.5. The lowest BCUT2D eigenvalue weighted by atomic mass is 9.72. The molecule has 1 aliphatic carbocycles. The van der Waals surface area contributed by atoms with E-state index < -0.39 is 5.97 Å². The van der Waals surface area contributed by atoms with E-state index in [0.717, 1.165) is 29.7 Å². The number of esters is 1. The molecule has 0 bridgehead atoms. The summed E-state index contributed by atoms with van der Waals surface area (Å²) in [7, 11) is 0. The van der Waals surface area contributed by atoms with Gasteiger partial charge in [0.15, 0.2) is 6.61 Å². The molecule has 0 radical (unpaired) electrons. The Labute approximate surface area is 197 Å². The van der Waals surface area contributed by atoms with Gasteiger partial charge in [-0.1, -0.05) is 44.0 Å². The predicted octanol–water partition coefficient (Wildman–Crippen LogP) is 6.40. The summed E-state index contributed by atoms with van der Waals surface area (Å²) in [4.78, 5) is 26.4. The van der Waals surface area contributed by atoms with Gasteiger partial charge in [0, 0.05) is 16.0 Å². The number of rotatable bonds is 6. The van der Waals surface area contributed by atoms with Gasteiger partial charge in [0.05, 0.1) is 17.2 Å². The Balaban J connectivity index is 1.79. The molecule has 1 aliphatic rings. The van der Waals surface area contributed by atoms with Crippen molar-refractivity contribution < 1.29 is 19.1 Å². The number of anilines is 1. The molecule has 2 aromatic rings. The van der Waals surface area contributed by atoms with E-state index in [1.54, 1.807) is 25.1 Å². The summed E-state index contributed by atoms with van der Waals surface area (Å²) in [6.07, 6.45) is 2.69. The van der Waals surface area contributed by atoms with Crippen molar-refractivity contribution in [1.82, 2.24) is 0 Å². The second-order valence-electron chi connectivity index (χ2n) is 8.65. The van der Waals surface area contributed by atoms with E-state index in [9.17, 15) is 9.59 Å². The number of benzene rings is 1. The summed E-state index contributed by atoms with van der Waals surface area (Å²) in [6.45, 7) is 8.51. The third-order valence-electron chi connectivity index (χ3n) is 5.47. The molecule has 1 aromatic carbocycles. The van der Waals surface area contributed by atoms with E-state index in [0.29, 0.717) is 32.3 Å². The average Bonchev–Trinajstić information content (AvgIpc) is 3.05. The van der Waals surface area contributed by atoms with Crippen LogP contribution in [0.1, 0.15) is 54.9 Å². The van der Waals surface area contributed by atoms with Gasteiger partial charge in [-0.3, -0.25) is 4.79 Å². The van der Waals surface area contributed by atoms with E-state index in [1.165, 1.54) is 11.3 Å². The number of ether oxygens (including phenoxy) is 2. The van der Waals surface area contributed by atoms with Crippen molar-refractivity contribution in [3.63, 3.8) is 0 Å². The molecule has 5 nitrogen and oxygen atoms in total. The minimum absolute atomic E-state index is 0.180. The fourth-order valence-electron chi connectivity index (χ4n) is 3.73. The van der Waals surface area contributed by atoms with Gasteiger partial charge in [-0.05, 0) is 55.2 Å². The lowest BCUT2D eigenvalue weighted by Crippen LogP contribution is -2.26. The molecule has 31 heavy (non-hydrogen) atoms. The minimum atomic E-state index is -0.400. The van der Waals surface area contributed by atoms with Crippen LogP contribution in [0.4, 0.5) is 5.00 Å². The number of carbonyl (C=O) groups excluding carboxylic acids is 2. The van der Waals surface area contributed by atoms with Crippen LogP contribution in [0.3, 0.4) is 0 Å². The monoisotopic (exact) mass is 483 g/mol. The molecule has 1 unspecified atom stereocenters. The van der Waals surface area contributed by atoms with Crippen molar-refractivity contribution in [3.05, 3.63) is 44.2 Å². The van der Waals surface area contributed by atoms with Crippen LogP contribution in [-0.4, -0.2) is 25.1 Å². The Morgan fingerprint density at radius 1 is 1.26 bits per heavy atom. The zero-order valence-electron chi connectivity index (χ0n) is 18.1. The largest absolute Gasteiger partial charge is 0.482 e. The number of fused-ring (bicyclic) bond motifs is 1. The highest BCUT2D eigenvalue weighted by Gasteiger charge is 2.34. The summed E-state index contributed by atoms with van der Waals surface area (Å²) in [5, 5.41) is 4.19. The first kappa shape index (κ1) is 23.9. The second-order valence-corrected chi connectivity index (χ2v) is 10.6. The minimum Gasteiger partial charge on any atom is -0.482 e. The van der Waals surface area contributed by atoms with Gasteiger partial charge in [-0.15, -0.1) is 11.3 Å². The number of halogens is 2. The Morgan fingerprint density at radius 3 is 2.68 bits per heavy atom. The first-order chi connectivity index (χ1) is 14.6. The Hall–Kier alpha value is -1.76. The quantitative estimate of drug-likeness (QED) is 0.482. The van der Waals surface area contributed by atoms with Gasteiger partial charge in [-0.25, -0.2) is 4.79 Å². The smallest absolute Gasteiger partial charge is 0.341 e. The Kier molecular flexibility index (Phi) is 7.55. The summed E-state index contributed by atoms with van der Waals surface area (Å²) >= 11 is 13.5. The molecule has 8 heteroatoms. The number of amides is 1. The standard InChI is InChI=1S/C23H27Cl2NO4S/c1-5-29-22(28)20-15-8-6-13(23(2,3)4)10-18(15)31-21(20)26-19(27)12-30-17-11-14(24)7-9-16(17)25/h7,9,11,13H,5-6,8,10,12H2,1-4H3,(H,26,27). The van der Waals surface area contributed by atoms with E-state index >= 15 is 0 Å². The van der Waals surface area contributed by atoms with E-state index in [-0.39, 0.29) is 24.5 Å². The van der Waals surface area contributed by atoms with Gasteiger partial charge in [0.2, 0.25) is 0 Å². The number of nitrogens with one attached hydrogen (secondary N) is 1. The molecule has 3 rings (SSSR count). The Morgan fingerprint density at radius 2 is 2.00 bits per heavy atom. The van der Waals surface area contributed by atoms with Crippen molar-refractivity contribution in [1.29, 1.82) is 0 Å². The Bertz CT molecular complexity index is 981. The lowest BCUT2D eigenvalue weighted by molar-refractivity contribution is -0.118. The van der Waals surface area contributed by atoms with Gasteiger partial charge in [-0.2, -0.15) is 0 Å². The van der Waals surface area contributed by atoms with Gasteiger partial charge >= 0.3 is 5.97 Å². The van der Waals surface area contributed by atoms with Crippen LogP contribution in [0.25, 0.3) is 0 Å². The third-order valence-corrected chi connectivity index (χ3v) is 7.19. The predicted molar refractivity (Wildman–Crippen MR) is 126 cm³/mol.